The molecule has 1 fully saturated rings. The molecule has 1 aliphatic rings. The molecule has 1 heteroatoms. The minimum absolute atomic E-state index is 0.0376. The lowest BCUT2D eigenvalue weighted by Crippen LogP contribution is -2.44. The van der Waals surface area contributed by atoms with Crippen molar-refractivity contribution < 1.29 is 4.74 Å². The number of rotatable bonds is 1. The second-order valence-electron chi connectivity index (χ2n) is 5.69. The van der Waals surface area contributed by atoms with Gasteiger partial charge in [0.1, 0.15) is 0 Å². The molecule has 0 aromatic rings. The molecule has 0 spiro atoms. The Balaban J connectivity index is 3.11. The highest BCUT2D eigenvalue weighted by atomic mass is 16.5. The summed E-state index contributed by atoms with van der Waals surface area (Å²) in [6, 6.07) is 0. The summed E-state index contributed by atoms with van der Waals surface area (Å²) in [5, 5.41) is 0. The van der Waals surface area contributed by atoms with Gasteiger partial charge in [-0.05, 0) is 25.7 Å². The second kappa shape index (κ2) is 2.73. The van der Waals surface area contributed by atoms with Crippen LogP contribution >= 0.6 is 0 Å². The van der Waals surface area contributed by atoms with Crippen molar-refractivity contribution in [3.8, 4) is 0 Å². The lowest BCUT2D eigenvalue weighted by atomic mass is 9.60. The highest BCUT2D eigenvalue weighted by Gasteiger charge is 2.59. The van der Waals surface area contributed by atoms with Crippen molar-refractivity contribution in [1.29, 1.82) is 0 Å². The van der Waals surface area contributed by atoms with Crippen molar-refractivity contribution >= 4 is 0 Å². The standard InChI is InChI=1S/C12H24O/c1-8-12(7)11(5,6)10(3,4)9(2)13-12/h9H,8H2,1-7H3/t9?,12-/m1/s1. The predicted octanol–water partition coefficient (Wildman–Crippen LogP) is 3.63. The molecule has 0 aromatic heterocycles. The van der Waals surface area contributed by atoms with Crippen LogP contribution in [0.15, 0.2) is 0 Å². The van der Waals surface area contributed by atoms with Crippen LogP contribution in [0, 0.1) is 10.8 Å². The molecule has 13 heavy (non-hydrogen) atoms. The molecule has 1 unspecified atom stereocenters. The topological polar surface area (TPSA) is 9.23 Å². The van der Waals surface area contributed by atoms with Gasteiger partial charge in [-0.15, -0.1) is 0 Å². The minimum atomic E-state index is 0.0376. The minimum Gasteiger partial charge on any atom is -0.371 e. The predicted molar refractivity (Wildman–Crippen MR) is 56.8 cm³/mol. The zero-order valence-electron chi connectivity index (χ0n) is 10.2. The van der Waals surface area contributed by atoms with E-state index in [1.807, 2.05) is 0 Å². The Morgan fingerprint density at radius 2 is 1.54 bits per heavy atom. The Morgan fingerprint density at radius 1 is 1.08 bits per heavy atom. The van der Waals surface area contributed by atoms with E-state index >= 15 is 0 Å². The summed E-state index contributed by atoms with van der Waals surface area (Å²) >= 11 is 0. The van der Waals surface area contributed by atoms with Crippen LogP contribution in [-0.4, -0.2) is 11.7 Å². The number of hydrogen-bond acceptors (Lipinski definition) is 1. The maximum Gasteiger partial charge on any atom is 0.0712 e. The first-order valence-electron chi connectivity index (χ1n) is 5.37. The molecule has 0 saturated carbocycles. The van der Waals surface area contributed by atoms with E-state index in [4.69, 9.17) is 4.74 Å². The Bertz CT molecular complexity index is 205. The molecule has 0 bridgehead atoms. The maximum absolute atomic E-state index is 6.13. The lowest BCUT2D eigenvalue weighted by Gasteiger charge is -2.43. The maximum atomic E-state index is 6.13. The molecule has 0 amide bonds. The zero-order chi connectivity index (χ0) is 10.5. The van der Waals surface area contributed by atoms with E-state index in [1.54, 1.807) is 0 Å². The summed E-state index contributed by atoms with van der Waals surface area (Å²) in [6.07, 6.45) is 1.45. The third-order valence-corrected chi connectivity index (χ3v) is 5.06. The Labute approximate surface area is 82.9 Å². The number of hydrogen-bond donors (Lipinski definition) is 0. The fourth-order valence-electron chi connectivity index (χ4n) is 2.40. The fourth-order valence-corrected chi connectivity index (χ4v) is 2.40. The molecule has 0 aliphatic carbocycles. The average Bonchev–Trinajstić information content (AvgIpc) is 2.12. The molecule has 1 heterocycles. The van der Waals surface area contributed by atoms with E-state index in [2.05, 4.69) is 48.5 Å². The van der Waals surface area contributed by atoms with Crippen molar-refractivity contribution in [3.63, 3.8) is 0 Å². The van der Waals surface area contributed by atoms with Crippen LogP contribution in [0.5, 0.6) is 0 Å². The summed E-state index contributed by atoms with van der Waals surface area (Å²) in [5.41, 5.74) is 0.543. The third kappa shape index (κ3) is 1.16. The van der Waals surface area contributed by atoms with E-state index in [0.717, 1.165) is 6.42 Å². The highest BCUT2D eigenvalue weighted by molar-refractivity contribution is 5.07. The fraction of sp³-hybridized carbons (Fsp3) is 1.00. The summed E-state index contributed by atoms with van der Waals surface area (Å²) in [6.45, 7) is 16.0. The van der Waals surface area contributed by atoms with Crippen molar-refractivity contribution in [2.75, 3.05) is 0 Å². The average molecular weight is 184 g/mol. The second-order valence-corrected chi connectivity index (χ2v) is 5.69. The first kappa shape index (κ1) is 11.0. The van der Waals surface area contributed by atoms with Gasteiger partial charge in [0.25, 0.3) is 0 Å². The van der Waals surface area contributed by atoms with Gasteiger partial charge in [0, 0.05) is 5.41 Å². The molecule has 0 aromatic carbocycles. The molecule has 0 N–H and O–H groups in total. The van der Waals surface area contributed by atoms with E-state index in [-0.39, 0.29) is 16.4 Å². The van der Waals surface area contributed by atoms with Gasteiger partial charge in [0.2, 0.25) is 0 Å². The Hall–Kier alpha value is -0.0400. The molecule has 78 valence electrons. The van der Waals surface area contributed by atoms with Gasteiger partial charge in [-0.3, -0.25) is 0 Å². The van der Waals surface area contributed by atoms with Crippen molar-refractivity contribution in [2.24, 2.45) is 10.8 Å². The van der Waals surface area contributed by atoms with Crippen molar-refractivity contribution in [2.45, 2.75) is 66.6 Å². The first-order chi connectivity index (χ1) is 5.69. The normalized spacial score (nSPS) is 42.2. The largest absolute Gasteiger partial charge is 0.371 e. The van der Waals surface area contributed by atoms with Crippen LogP contribution in [0.3, 0.4) is 0 Å². The summed E-state index contributed by atoms with van der Waals surface area (Å²) in [5.74, 6) is 0. The van der Waals surface area contributed by atoms with Gasteiger partial charge in [0.15, 0.2) is 0 Å². The van der Waals surface area contributed by atoms with Gasteiger partial charge in [0.05, 0.1) is 11.7 Å². The van der Waals surface area contributed by atoms with Gasteiger partial charge in [-0.2, -0.15) is 0 Å². The molecule has 2 atom stereocenters. The van der Waals surface area contributed by atoms with Crippen LogP contribution in [0.4, 0.5) is 0 Å². The quantitative estimate of drug-likeness (QED) is 0.604. The molecule has 1 aliphatic heterocycles. The summed E-state index contributed by atoms with van der Waals surface area (Å²) in [4.78, 5) is 0. The van der Waals surface area contributed by atoms with Crippen LogP contribution in [0.2, 0.25) is 0 Å². The SMILES string of the molecule is CC[C@@]1(C)OC(C)C(C)(C)C1(C)C. The molecule has 0 radical (unpaired) electrons. The molecular weight excluding hydrogens is 160 g/mol. The molecule has 1 nitrogen and oxygen atoms in total. The van der Waals surface area contributed by atoms with E-state index in [9.17, 15) is 0 Å². The van der Waals surface area contributed by atoms with Crippen molar-refractivity contribution in [3.05, 3.63) is 0 Å². The Morgan fingerprint density at radius 3 is 1.69 bits per heavy atom. The third-order valence-electron chi connectivity index (χ3n) is 5.06. The van der Waals surface area contributed by atoms with Crippen LogP contribution in [-0.2, 0) is 4.74 Å². The van der Waals surface area contributed by atoms with E-state index in [1.165, 1.54) is 0 Å². The monoisotopic (exact) mass is 184 g/mol. The highest BCUT2D eigenvalue weighted by Crippen LogP contribution is 2.58. The summed E-state index contributed by atoms with van der Waals surface area (Å²) in [7, 11) is 0. The van der Waals surface area contributed by atoms with E-state index < -0.39 is 0 Å². The zero-order valence-corrected chi connectivity index (χ0v) is 10.2. The van der Waals surface area contributed by atoms with Gasteiger partial charge < -0.3 is 4.74 Å². The molecule has 1 rings (SSSR count). The van der Waals surface area contributed by atoms with Crippen LogP contribution in [0.1, 0.15) is 54.9 Å². The van der Waals surface area contributed by atoms with Gasteiger partial charge in [-0.1, -0.05) is 34.6 Å². The van der Waals surface area contributed by atoms with Gasteiger partial charge >= 0.3 is 0 Å². The van der Waals surface area contributed by atoms with Crippen LogP contribution < -0.4 is 0 Å². The summed E-state index contributed by atoms with van der Waals surface area (Å²) < 4.78 is 6.13. The number of ether oxygens (including phenoxy) is 1. The van der Waals surface area contributed by atoms with E-state index in [0.29, 0.717) is 6.10 Å². The first-order valence-corrected chi connectivity index (χ1v) is 5.37. The van der Waals surface area contributed by atoms with Crippen molar-refractivity contribution in [1.82, 2.24) is 0 Å². The smallest absolute Gasteiger partial charge is 0.0712 e. The lowest BCUT2D eigenvalue weighted by molar-refractivity contribution is -0.0629. The van der Waals surface area contributed by atoms with Crippen LogP contribution in [0.25, 0.3) is 0 Å². The Kier molecular flexibility index (Phi) is 2.31. The molecule has 1 saturated heterocycles. The van der Waals surface area contributed by atoms with Gasteiger partial charge in [-0.25, -0.2) is 0 Å². The molecular formula is C12H24O.